The number of benzene rings is 2. The molecule has 0 aliphatic rings. The number of methoxy groups -OCH3 is 2. The van der Waals surface area contributed by atoms with Crippen LogP contribution in [0.5, 0.6) is 5.75 Å². The Labute approximate surface area is 157 Å². The Morgan fingerprint density at radius 2 is 1.81 bits per heavy atom. The van der Waals surface area contributed by atoms with Crippen LogP contribution in [0.15, 0.2) is 42.5 Å². The molecule has 0 saturated heterocycles. The predicted molar refractivity (Wildman–Crippen MR) is 101 cm³/mol. The number of ether oxygens (including phenoxy) is 2. The normalized spacial score (nSPS) is 10.1. The van der Waals surface area contributed by atoms with Crippen LogP contribution in [-0.2, 0) is 16.1 Å². The highest BCUT2D eigenvalue weighted by molar-refractivity contribution is 6.33. The van der Waals surface area contributed by atoms with E-state index >= 15 is 0 Å². The summed E-state index contributed by atoms with van der Waals surface area (Å²) in [6.07, 6.45) is 0.273. The molecule has 0 unspecified atom stereocenters. The lowest BCUT2D eigenvalue weighted by Gasteiger charge is -2.10. The van der Waals surface area contributed by atoms with Crippen LogP contribution in [0.3, 0.4) is 0 Å². The molecule has 0 aromatic heterocycles. The molecular weight excluding hydrogens is 356 g/mol. The number of nitrogens with one attached hydrogen (secondary N) is 2. The molecule has 0 bridgehead atoms. The van der Waals surface area contributed by atoms with E-state index in [0.717, 1.165) is 11.3 Å². The molecule has 0 fully saturated rings. The monoisotopic (exact) mass is 376 g/mol. The highest BCUT2D eigenvalue weighted by Crippen LogP contribution is 2.23. The molecule has 6 nitrogen and oxygen atoms in total. The van der Waals surface area contributed by atoms with Crippen LogP contribution < -0.4 is 15.4 Å². The van der Waals surface area contributed by atoms with Gasteiger partial charge in [-0.05, 0) is 35.9 Å². The minimum Gasteiger partial charge on any atom is -0.497 e. The van der Waals surface area contributed by atoms with E-state index in [1.54, 1.807) is 25.3 Å². The van der Waals surface area contributed by atoms with Gasteiger partial charge < -0.3 is 20.1 Å². The lowest BCUT2D eigenvalue weighted by Crippen LogP contribution is -2.24. The van der Waals surface area contributed by atoms with E-state index in [2.05, 4.69) is 15.4 Å². The molecule has 2 rings (SSSR count). The Morgan fingerprint density at radius 3 is 2.46 bits per heavy atom. The first-order valence-corrected chi connectivity index (χ1v) is 8.42. The van der Waals surface area contributed by atoms with Crippen LogP contribution in [-0.4, -0.2) is 32.6 Å². The third-order valence-corrected chi connectivity index (χ3v) is 4.03. The molecule has 0 saturated carbocycles. The summed E-state index contributed by atoms with van der Waals surface area (Å²) < 4.78 is 9.78. The van der Waals surface area contributed by atoms with Crippen molar-refractivity contribution in [1.82, 2.24) is 5.32 Å². The maximum Gasteiger partial charge on any atom is 0.337 e. The van der Waals surface area contributed by atoms with Gasteiger partial charge in [-0.15, -0.1) is 0 Å². The van der Waals surface area contributed by atoms with Gasteiger partial charge in [0.05, 0.1) is 30.5 Å². The highest BCUT2D eigenvalue weighted by atomic mass is 35.5. The van der Waals surface area contributed by atoms with E-state index in [4.69, 9.17) is 16.3 Å². The fraction of sp³-hybridized carbons (Fsp3) is 0.263. The number of hydrogen-bond acceptors (Lipinski definition) is 5. The van der Waals surface area contributed by atoms with Crippen LogP contribution >= 0.6 is 11.6 Å². The van der Waals surface area contributed by atoms with Crippen molar-refractivity contribution in [1.29, 1.82) is 0 Å². The second kappa shape index (κ2) is 9.68. The predicted octanol–water partition coefficient (Wildman–Crippen LogP) is 3.25. The molecule has 0 spiro atoms. The second-order valence-electron chi connectivity index (χ2n) is 5.49. The maximum absolute atomic E-state index is 12.0. The number of halogens is 1. The number of amides is 1. The lowest BCUT2D eigenvalue weighted by atomic mass is 10.2. The van der Waals surface area contributed by atoms with Crippen molar-refractivity contribution in [3.63, 3.8) is 0 Å². The summed E-state index contributed by atoms with van der Waals surface area (Å²) in [5, 5.41) is 6.38. The Morgan fingerprint density at radius 1 is 1.08 bits per heavy atom. The zero-order chi connectivity index (χ0) is 18.9. The molecule has 0 heterocycles. The molecule has 0 aliphatic carbocycles. The van der Waals surface area contributed by atoms with E-state index in [1.165, 1.54) is 7.11 Å². The Balaban J connectivity index is 1.79. The summed E-state index contributed by atoms with van der Waals surface area (Å²) in [6, 6.07) is 12.3. The molecule has 7 heteroatoms. The van der Waals surface area contributed by atoms with Gasteiger partial charge in [0.15, 0.2) is 0 Å². The smallest absolute Gasteiger partial charge is 0.337 e. The second-order valence-corrected chi connectivity index (χ2v) is 5.89. The van der Waals surface area contributed by atoms with E-state index in [1.807, 2.05) is 24.3 Å². The topological polar surface area (TPSA) is 76.7 Å². The molecule has 1 amide bonds. The SMILES string of the molecule is COC(=O)c1ccc(Cl)c(NCCC(=O)NCc2ccc(OC)cc2)c1. The van der Waals surface area contributed by atoms with Gasteiger partial charge in [0, 0.05) is 19.5 Å². The first kappa shape index (κ1) is 19.6. The average Bonchev–Trinajstić information content (AvgIpc) is 2.67. The van der Waals surface area contributed by atoms with Gasteiger partial charge in [0.1, 0.15) is 5.75 Å². The van der Waals surface area contributed by atoms with Gasteiger partial charge in [0.2, 0.25) is 5.91 Å². The van der Waals surface area contributed by atoms with Crippen LogP contribution in [0.4, 0.5) is 5.69 Å². The molecule has 0 atom stereocenters. The largest absolute Gasteiger partial charge is 0.497 e. The van der Waals surface area contributed by atoms with E-state index in [9.17, 15) is 9.59 Å². The molecule has 2 N–H and O–H groups in total. The number of hydrogen-bond donors (Lipinski definition) is 2. The van der Waals surface area contributed by atoms with Crippen LogP contribution in [0, 0.1) is 0 Å². The van der Waals surface area contributed by atoms with Gasteiger partial charge in [-0.25, -0.2) is 4.79 Å². The quantitative estimate of drug-likeness (QED) is 0.691. The van der Waals surface area contributed by atoms with Crippen molar-refractivity contribution in [3.8, 4) is 5.75 Å². The van der Waals surface area contributed by atoms with Crippen LogP contribution in [0.2, 0.25) is 5.02 Å². The van der Waals surface area contributed by atoms with Crippen molar-refractivity contribution >= 4 is 29.2 Å². The standard InChI is InChI=1S/C19H21ClN2O4/c1-25-15-6-3-13(4-7-15)12-22-18(23)9-10-21-17-11-14(19(24)26-2)5-8-16(17)20/h3-8,11,21H,9-10,12H2,1-2H3,(H,22,23). The van der Waals surface area contributed by atoms with Crippen LogP contribution in [0.25, 0.3) is 0 Å². The summed E-state index contributed by atoms with van der Waals surface area (Å²) in [7, 11) is 2.92. The average molecular weight is 377 g/mol. The fourth-order valence-electron chi connectivity index (χ4n) is 2.25. The van der Waals surface area contributed by atoms with E-state index in [0.29, 0.717) is 29.4 Å². The molecule has 0 aliphatic heterocycles. The number of rotatable bonds is 8. The number of esters is 1. The maximum atomic E-state index is 12.0. The van der Waals surface area contributed by atoms with Gasteiger partial charge in [0.25, 0.3) is 0 Å². The van der Waals surface area contributed by atoms with E-state index in [-0.39, 0.29) is 12.3 Å². The Hall–Kier alpha value is -2.73. The van der Waals surface area contributed by atoms with Crippen molar-refractivity contribution in [2.45, 2.75) is 13.0 Å². The fourth-order valence-corrected chi connectivity index (χ4v) is 2.43. The minimum atomic E-state index is -0.443. The minimum absolute atomic E-state index is 0.0893. The van der Waals surface area contributed by atoms with Gasteiger partial charge in [-0.1, -0.05) is 23.7 Å². The third kappa shape index (κ3) is 5.67. The first-order valence-electron chi connectivity index (χ1n) is 8.05. The Kier molecular flexibility index (Phi) is 7.29. The Bertz CT molecular complexity index is 763. The number of carbonyl (C=O) groups is 2. The highest BCUT2D eigenvalue weighted by Gasteiger charge is 2.09. The summed E-state index contributed by atoms with van der Waals surface area (Å²) >= 11 is 6.10. The van der Waals surface area contributed by atoms with E-state index < -0.39 is 5.97 Å². The third-order valence-electron chi connectivity index (χ3n) is 3.70. The van der Waals surface area contributed by atoms with Gasteiger partial charge >= 0.3 is 5.97 Å². The molecule has 0 radical (unpaired) electrons. The number of anilines is 1. The van der Waals surface area contributed by atoms with Crippen molar-refractivity contribution in [2.24, 2.45) is 0 Å². The summed E-state index contributed by atoms with van der Waals surface area (Å²) in [6.45, 7) is 0.834. The summed E-state index contributed by atoms with van der Waals surface area (Å²) in [5.41, 5.74) is 1.96. The molecule has 2 aromatic carbocycles. The van der Waals surface area contributed by atoms with Crippen LogP contribution in [0.1, 0.15) is 22.3 Å². The van der Waals surface area contributed by atoms with Crippen molar-refractivity contribution in [2.75, 3.05) is 26.1 Å². The molecular formula is C19H21ClN2O4. The zero-order valence-corrected chi connectivity index (χ0v) is 15.4. The lowest BCUT2D eigenvalue weighted by molar-refractivity contribution is -0.121. The zero-order valence-electron chi connectivity index (χ0n) is 14.7. The van der Waals surface area contributed by atoms with Gasteiger partial charge in [-0.3, -0.25) is 4.79 Å². The van der Waals surface area contributed by atoms with Crippen molar-refractivity contribution < 1.29 is 19.1 Å². The summed E-state index contributed by atoms with van der Waals surface area (Å²) in [5.74, 6) is 0.242. The number of carbonyl (C=O) groups excluding carboxylic acids is 2. The molecule has 26 heavy (non-hydrogen) atoms. The summed E-state index contributed by atoms with van der Waals surface area (Å²) in [4.78, 5) is 23.5. The van der Waals surface area contributed by atoms with Gasteiger partial charge in [-0.2, -0.15) is 0 Å². The molecule has 138 valence electrons. The van der Waals surface area contributed by atoms with Crippen molar-refractivity contribution in [3.05, 3.63) is 58.6 Å². The molecule has 2 aromatic rings. The first-order chi connectivity index (χ1) is 12.5.